The van der Waals surface area contributed by atoms with Crippen LogP contribution in [-0.4, -0.2) is 67.7 Å². The van der Waals surface area contributed by atoms with Crippen LogP contribution < -0.4 is 5.32 Å². The fourth-order valence-corrected chi connectivity index (χ4v) is 3.14. The maximum atomic E-state index is 12.5. The highest BCUT2D eigenvalue weighted by molar-refractivity contribution is 5.82. The van der Waals surface area contributed by atoms with E-state index in [1.54, 1.807) is 0 Å². The summed E-state index contributed by atoms with van der Waals surface area (Å²) in [5.41, 5.74) is 1.34. The topological polar surface area (TPSA) is 44.8 Å². The second-order valence-corrected chi connectivity index (χ2v) is 6.02. The highest BCUT2D eigenvalue weighted by Crippen LogP contribution is 2.10. The van der Waals surface area contributed by atoms with Crippen molar-refractivity contribution in [3.63, 3.8) is 0 Å². The number of benzene rings is 1. The molecule has 1 amide bonds. The lowest BCUT2D eigenvalue weighted by molar-refractivity contribution is -0.136. The molecule has 2 aliphatic heterocycles. The second-order valence-electron chi connectivity index (χ2n) is 6.02. The molecule has 0 bridgehead atoms. The van der Waals surface area contributed by atoms with Crippen molar-refractivity contribution in [1.29, 1.82) is 0 Å². The number of hydrogen-bond acceptors (Lipinski definition) is 4. The van der Waals surface area contributed by atoms with Crippen LogP contribution in [0.5, 0.6) is 0 Å². The monoisotopic (exact) mass is 303 g/mol. The molecule has 0 aliphatic carbocycles. The number of morpholine rings is 1. The van der Waals surface area contributed by atoms with Crippen molar-refractivity contribution in [3.8, 4) is 0 Å². The molecule has 3 rings (SSSR count). The minimum absolute atomic E-state index is 0.158. The van der Waals surface area contributed by atoms with E-state index in [-0.39, 0.29) is 11.9 Å². The van der Waals surface area contributed by atoms with E-state index in [1.807, 2.05) is 11.0 Å². The third kappa shape index (κ3) is 4.06. The molecule has 2 saturated heterocycles. The van der Waals surface area contributed by atoms with Gasteiger partial charge in [-0.25, -0.2) is 0 Å². The highest BCUT2D eigenvalue weighted by atomic mass is 16.5. The fraction of sp³-hybridized carbons (Fsp3) is 0.588. The number of amides is 1. The Labute approximate surface area is 132 Å². The molecule has 22 heavy (non-hydrogen) atoms. The Bertz CT molecular complexity index is 474. The van der Waals surface area contributed by atoms with Gasteiger partial charge in [0.1, 0.15) is 6.04 Å². The summed E-state index contributed by atoms with van der Waals surface area (Å²) in [6, 6.07) is 10.4. The molecule has 1 atom stereocenters. The van der Waals surface area contributed by atoms with Crippen LogP contribution in [0.2, 0.25) is 0 Å². The Hall–Kier alpha value is -1.43. The van der Waals surface area contributed by atoms with Gasteiger partial charge < -0.3 is 15.0 Å². The number of hydrogen-bond donors (Lipinski definition) is 1. The lowest BCUT2D eigenvalue weighted by Crippen LogP contribution is -2.53. The normalized spacial score (nSPS) is 24.0. The van der Waals surface area contributed by atoms with E-state index in [0.29, 0.717) is 13.2 Å². The van der Waals surface area contributed by atoms with E-state index >= 15 is 0 Å². The van der Waals surface area contributed by atoms with Gasteiger partial charge in [0.15, 0.2) is 0 Å². The maximum Gasteiger partial charge on any atom is 0.242 e. The number of nitrogens with zero attached hydrogens (tertiary/aromatic N) is 2. The molecule has 5 heteroatoms. The number of carbonyl (C=O) groups excluding carboxylic acids is 1. The predicted molar refractivity (Wildman–Crippen MR) is 85.5 cm³/mol. The first-order valence-electron chi connectivity index (χ1n) is 8.19. The molecule has 120 valence electrons. The van der Waals surface area contributed by atoms with Crippen molar-refractivity contribution in [2.24, 2.45) is 0 Å². The van der Waals surface area contributed by atoms with E-state index in [1.165, 1.54) is 5.56 Å². The first-order chi connectivity index (χ1) is 10.8. The summed E-state index contributed by atoms with van der Waals surface area (Å²) in [6.07, 6.45) is 1.03. The lowest BCUT2D eigenvalue weighted by Gasteiger charge is -2.29. The summed E-state index contributed by atoms with van der Waals surface area (Å²) in [6.45, 7) is 6.59. The number of rotatable bonds is 3. The maximum absolute atomic E-state index is 12.5. The molecule has 0 saturated carbocycles. The Kier molecular flexibility index (Phi) is 5.43. The zero-order valence-electron chi connectivity index (χ0n) is 13.0. The van der Waals surface area contributed by atoms with Crippen LogP contribution in [0.1, 0.15) is 12.0 Å². The average Bonchev–Trinajstić information content (AvgIpc) is 2.82. The van der Waals surface area contributed by atoms with Crippen LogP contribution >= 0.6 is 0 Å². The summed E-state index contributed by atoms with van der Waals surface area (Å²) in [4.78, 5) is 17.0. The van der Waals surface area contributed by atoms with Gasteiger partial charge in [0.2, 0.25) is 5.91 Å². The van der Waals surface area contributed by atoms with Gasteiger partial charge in [0, 0.05) is 39.3 Å². The quantitative estimate of drug-likeness (QED) is 0.893. The predicted octanol–water partition coefficient (Wildman–Crippen LogP) is 0.709. The SMILES string of the molecule is O=C(C1COCCN1)N1CCCN(Cc2ccccc2)CC1. The van der Waals surface area contributed by atoms with E-state index in [9.17, 15) is 4.79 Å². The molecular weight excluding hydrogens is 278 g/mol. The molecule has 1 N–H and O–H groups in total. The summed E-state index contributed by atoms with van der Waals surface area (Å²) >= 11 is 0. The molecule has 2 aliphatic rings. The van der Waals surface area contributed by atoms with Crippen LogP contribution in [-0.2, 0) is 16.1 Å². The van der Waals surface area contributed by atoms with E-state index in [0.717, 1.165) is 45.7 Å². The van der Waals surface area contributed by atoms with Gasteiger partial charge in [-0.05, 0) is 12.0 Å². The van der Waals surface area contributed by atoms with Gasteiger partial charge >= 0.3 is 0 Å². The largest absolute Gasteiger partial charge is 0.378 e. The molecule has 0 radical (unpaired) electrons. The van der Waals surface area contributed by atoms with Crippen molar-refractivity contribution in [1.82, 2.24) is 15.1 Å². The minimum atomic E-state index is -0.158. The molecule has 2 fully saturated rings. The Morgan fingerprint density at radius 3 is 2.82 bits per heavy atom. The highest BCUT2D eigenvalue weighted by Gasteiger charge is 2.27. The lowest BCUT2D eigenvalue weighted by atomic mass is 10.2. The Morgan fingerprint density at radius 2 is 2.05 bits per heavy atom. The molecule has 5 nitrogen and oxygen atoms in total. The average molecular weight is 303 g/mol. The van der Waals surface area contributed by atoms with E-state index in [4.69, 9.17) is 4.74 Å². The number of nitrogens with one attached hydrogen (secondary N) is 1. The van der Waals surface area contributed by atoms with Crippen molar-refractivity contribution >= 4 is 5.91 Å². The van der Waals surface area contributed by atoms with Crippen molar-refractivity contribution < 1.29 is 9.53 Å². The van der Waals surface area contributed by atoms with Crippen LogP contribution in [0.4, 0.5) is 0 Å². The zero-order chi connectivity index (χ0) is 15.2. The zero-order valence-corrected chi connectivity index (χ0v) is 13.0. The van der Waals surface area contributed by atoms with E-state index < -0.39 is 0 Å². The summed E-state index contributed by atoms with van der Waals surface area (Å²) in [7, 11) is 0. The first kappa shape index (κ1) is 15.5. The molecular formula is C17H25N3O2. The molecule has 1 unspecified atom stereocenters. The smallest absolute Gasteiger partial charge is 0.242 e. The van der Waals surface area contributed by atoms with Crippen LogP contribution in [0.3, 0.4) is 0 Å². The van der Waals surface area contributed by atoms with Crippen LogP contribution in [0.15, 0.2) is 30.3 Å². The van der Waals surface area contributed by atoms with Gasteiger partial charge in [-0.3, -0.25) is 9.69 Å². The molecule has 0 aromatic heterocycles. The fourth-order valence-electron chi connectivity index (χ4n) is 3.14. The van der Waals surface area contributed by atoms with Gasteiger partial charge in [-0.2, -0.15) is 0 Å². The van der Waals surface area contributed by atoms with Crippen molar-refractivity contribution in [2.75, 3.05) is 45.9 Å². The van der Waals surface area contributed by atoms with Gasteiger partial charge in [-0.1, -0.05) is 30.3 Å². The Balaban J connectivity index is 1.52. The van der Waals surface area contributed by atoms with Crippen molar-refractivity contribution in [2.45, 2.75) is 19.0 Å². The molecule has 0 spiro atoms. The number of carbonyl (C=O) groups is 1. The van der Waals surface area contributed by atoms with Crippen LogP contribution in [0, 0.1) is 0 Å². The first-order valence-corrected chi connectivity index (χ1v) is 8.19. The molecule has 2 heterocycles. The Morgan fingerprint density at radius 1 is 1.18 bits per heavy atom. The summed E-state index contributed by atoms with van der Waals surface area (Å²) < 4.78 is 5.41. The van der Waals surface area contributed by atoms with Crippen molar-refractivity contribution in [3.05, 3.63) is 35.9 Å². The minimum Gasteiger partial charge on any atom is -0.378 e. The van der Waals surface area contributed by atoms with Gasteiger partial charge in [-0.15, -0.1) is 0 Å². The summed E-state index contributed by atoms with van der Waals surface area (Å²) in [5, 5.41) is 3.26. The summed E-state index contributed by atoms with van der Waals surface area (Å²) in [5.74, 6) is 0.196. The molecule has 1 aromatic carbocycles. The third-order valence-corrected chi connectivity index (χ3v) is 4.37. The van der Waals surface area contributed by atoms with Gasteiger partial charge in [0.05, 0.1) is 13.2 Å². The van der Waals surface area contributed by atoms with E-state index in [2.05, 4.69) is 34.5 Å². The van der Waals surface area contributed by atoms with Crippen LogP contribution in [0.25, 0.3) is 0 Å². The number of ether oxygens (including phenoxy) is 1. The standard InChI is InChI=1S/C17H25N3O2/c21-17(16-14-22-12-7-18-16)20-9-4-8-19(10-11-20)13-15-5-2-1-3-6-15/h1-3,5-6,16,18H,4,7-14H2. The second kappa shape index (κ2) is 7.72. The molecule has 1 aromatic rings. The van der Waals surface area contributed by atoms with Gasteiger partial charge in [0.25, 0.3) is 0 Å². The third-order valence-electron chi connectivity index (χ3n) is 4.37.